The van der Waals surface area contributed by atoms with Crippen molar-refractivity contribution in [3.8, 4) is 0 Å². The quantitative estimate of drug-likeness (QED) is 0.738. The third-order valence-corrected chi connectivity index (χ3v) is 5.67. The first kappa shape index (κ1) is 10.6. The molecular formula is C11H20OS. The van der Waals surface area contributed by atoms with E-state index in [2.05, 4.69) is 49.1 Å². The number of hydrogen-bond donors (Lipinski definition) is 1. The van der Waals surface area contributed by atoms with Gasteiger partial charge in [0.25, 0.3) is 0 Å². The molecule has 1 nitrogen and oxygen atoms in total. The largest absolute Gasteiger partial charge is 0.377 e. The van der Waals surface area contributed by atoms with Crippen molar-refractivity contribution in [2.45, 2.75) is 4.90 Å². The molecule has 0 aromatic heterocycles. The lowest BCUT2D eigenvalue weighted by molar-refractivity contribution is 0.254. The molecule has 0 saturated heterocycles. The van der Waals surface area contributed by atoms with Crippen LogP contribution in [0.5, 0.6) is 0 Å². The first-order valence-corrected chi connectivity index (χ1v) is 8.25. The molecule has 0 aliphatic carbocycles. The maximum Gasteiger partial charge on any atom is 0.0666 e. The number of benzene rings is 1. The molecule has 0 amide bonds. The molecule has 1 aromatic carbocycles. The van der Waals surface area contributed by atoms with E-state index in [9.17, 15) is 0 Å². The van der Waals surface area contributed by atoms with Crippen LogP contribution in [0, 0.1) is 0 Å². The third-order valence-electron chi connectivity index (χ3n) is 2.29. The molecule has 1 aromatic rings. The minimum atomic E-state index is -1.77. The number of ether oxygens (including phenoxy) is 1. The molecule has 0 unspecified atom stereocenters. The Labute approximate surface area is 81.4 Å². The molecule has 0 fully saturated rings. The normalized spacial score (nSPS) is 14.9. The fourth-order valence-electron chi connectivity index (χ4n) is 1.51. The van der Waals surface area contributed by atoms with E-state index in [4.69, 9.17) is 4.74 Å². The lowest BCUT2D eigenvalue weighted by Crippen LogP contribution is -2.18. The summed E-state index contributed by atoms with van der Waals surface area (Å²) in [4.78, 5) is 1.44. The van der Waals surface area contributed by atoms with Gasteiger partial charge in [0.1, 0.15) is 0 Å². The van der Waals surface area contributed by atoms with Crippen LogP contribution in [0.15, 0.2) is 35.2 Å². The van der Waals surface area contributed by atoms with Crippen LogP contribution >= 0.6 is 9.16 Å². The predicted octanol–water partition coefficient (Wildman–Crippen LogP) is 2.61. The van der Waals surface area contributed by atoms with E-state index in [0.717, 1.165) is 5.94 Å². The summed E-state index contributed by atoms with van der Waals surface area (Å²) in [6.07, 6.45) is 7.01. The Bertz CT molecular complexity index is 271. The topological polar surface area (TPSA) is 9.23 Å². The van der Waals surface area contributed by atoms with Gasteiger partial charge in [-0.3, -0.25) is 0 Å². The van der Waals surface area contributed by atoms with Gasteiger partial charge >= 0.3 is 0 Å². The van der Waals surface area contributed by atoms with Gasteiger partial charge in [-0.15, -0.1) is 0 Å². The monoisotopic (exact) mass is 200 g/mol. The van der Waals surface area contributed by atoms with Gasteiger partial charge in [-0.2, -0.15) is 0 Å². The minimum Gasteiger partial charge on any atom is -0.377 e. The van der Waals surface area contributed by atoms with E-state index in [1.807, 2.05) is 0 Å². The fraction of sp³-hybridized carbons (Fsp3) is 0.455. The molecule has 0 atom stereocenters. The summed E-state index contributed by atoms with van der Waals surface area (Å²) in [6.45, 7) is 0. The number of methoxy groups -OCH3 is 1. The molecule has 0 aliphatic heterocycles. The number of rotatable bonds is 3. The highest BCUT2D eigenvalue weighted by atomic mass is 32.3. The van der Waals surface area contributed by atoms with Gasteiger partial charge in [0, 0.05) is 7.11 Å². The van der Waals surface area contributed by atoms with Gasteiger partial charge in [-0.25, -0.2) is 9.16 Å². The minimum absolute atomic E-state index is 0.857. The first-order chi connectivity index (χ1) is 5.94. The van der Waals surface area contributed by atoms with Crippen LogP contribution in [0.1, 0.15) is 0 Å². The Hall–Kier alpha value is -0.470. The van der Waals surface area contributed by atoms with Crippen LogP contribution in [0.3, 0.4) is 0 Å². The highest BCUT2D eigenvalue weighted by Crippen LogP contribution is 2.66. The zero-order chi connectivity index (χ0) is 9.97. The van der Waals surface area contributed by atoms with Crippen molar-refractivity contribution in [2.24, 2.45) is 0 Å². The average molecular weight is 200 g/mol. The van der Waals surface area contributed by atoms with Crippen molar-refractivity contribution >= 4 is 9.16 Å². The number of thiol groups is 1. The lowest BCUT2D eigenvalue weighted by atomic mass is 10.4. The molecule has 13 heavy (non-hydrogen) atoms. The van der Waals surface area contributed by atoms with E-state index in [-0.39, 0.29) is 0 Å². The Morgan fingerprint density at radius 1 is 1.08 bits per heavy atom. The Kier molecular flexibility index (Phi) is 2.74. The maximum atomic E-state index is 5.32. The van der Waals surface area contributed by atoms with Crippen LogP contribution in [0.2, 0.25) is 0 Å². The summed E-state index contributed by atoms with van der Waals surface area (Å²) in [5.74, 6) is 0.857. The van der Waals surface area contributed by atoms with Gasteiger partial charge in [0.2, 0.25) is 0 Å². The molecule has 0 radical (unpaired) electrons. The van der Waals surface area contributed by atoms with Crippen molar-refractivity contribution < 1.29 is 4.74 Å². The van der Waals surface area contributed by atoms with E-state index in [0.29, 0.717) is 0 Å². The van der Waals surface area contributed by atoms with Crippen LogP contribution in [0.4, 0.5) is 0 Å². The van der Waals surface area contributed by atoms with Gasteiger partial charge < -0.3 is 4.74 Å². The maximum absolute atomic E-state index is 5.32. The smallest absolute Gasteiger partial charge is 0.0666 e. The zero-order valence-corrected chi connectivity index (χ0v) is 9.84. The van der Waals surface area contributed by atoms with Crippen molar-refractivity contribution in [2.75, 3.05) is 31.8 Å². The van der Waals surface area contributed by atoms with E-state index in [1.165, 1.54) is 4.90 Å². The first-order valence-electron chi connectivity index (χ1n) is 4.49. The molecular weight excluding hydrogens is 180 g/mol. The molecule has 76 valence electrons. The molecule has 0 aliphatic rings. The second kappa shape index (κ2) is 3.35. The SMILES string of the molecule is COC[SH](C)(C)(C)c1ccccc1. The second-order valence-electron chi connectivity index (χ2n) is 4.87. The average Bonchev–Trinajstić information content (AvgIpc) is 2.05. The van der Waals surface area contributed by atoms with Gasteiger partial charge in [-0.1, -0.05) is 30.3 Å². The Balaban J connectivity index is 3.05. The molecule has 1 rings (SSSR count). The van der Waals surface area contributed by atoms with E-state index >= 15 is 0 Å². The summed E-state index contributed by atoms with van der Waals surface area (Å²) >= 11 is 0. The van der Waals surface area contributed by atoms with Gasteiger partial charge in [0.05, 0.1) is 5.94 Å². The van der Waals surface area contributed by atoms with Crippen LogP contribution in [-0.2, 0) is 4.74 Å². The zero-order valence-electron chi connectivity index (χ0n) is 8.95. The molecule has 2 heteroatoms. The summed E-state index contributed by atoms with van der Waals surface area (Å²) < 4.78 is 5.32. The van der Waals surface area contributed by atoms with Crippen molar-refractivity contribution in [1.29, 1.82) is 0 Å². The summed E-state index contributed by atoms with van der Waals surface area (Å²) in [5.41, 5.74) is 0. The fourth-order valence-corrected chi connectivity index (χ4v) is 3.84. The van der Waals surface area contributed by atoms with Gasteiger partial charge in [0.15, 0.2) is 0 Å². The third kappa shape index (κ3) is 2.48. The molecule has 0 heterocycles. The van der Waals surface area contributed by atoms with E-state index in [1.54, 1.807) is 7.11 Å². The highest BCUT2D eigenvalue weighted by molar-refractivity contribution is 8.48. The Morgan fingerprint density at radius 2 is 1.62 bits per heavy atom. The van der Waals surface area contributed by atoms with Crippen molar-refractivity contribution in [1.82, 2.24) is 0 Å². The van der Waals surface area contributed by atoms with Crippen molar-refractivity contribution in [3.05, 3.63) is 30.3 Å². The van der Waals surface area contributed by atoms with Crippen LogP contribution in [0.25, 0.3) is 0 Å². The summed E-state index contributed by atoms with van der Waals surface area (Å²) in [5, 5.41) is 0. The molecule has 0 spiro atoms. The standard InChI is InChI=1S/C11H20OS/c1-12-10-13(2,3,4)11-8-6-5-7-9-11/h5-9,13H,10H2,1-4H3. The lowest BCUT2D eigenvalue weighted by Gasteiger charge is -2.51. The van der Waals surface area contributed by atoms with Crippen LogP contribution < -0.4 is 0 Å². The molecule has 0 saturated carbocycles. The van der Waals surface area contributed by atoms with Crippen LogP contribution in [-0.4, -0.2) is 31.8 Å². The van der Waals surface area contributed by atoms with Gasteiger partial charge in [-0.05, 0) is 23.7 Å². The number of hydrogen-bond acceptors (Lipinski definition) is 1. The Morgan fingerprint density at radius 3 is 2.08 bits per heavy atom. The summed E-state index contributed by atoms with van der Waals surface area (Å²) in [6, 6.07) is 10.7. The van der Waals surface area contributed by atoms with Crippen molar-refractivity contribution in [3.63, 3.8) is 0 Å². The highest BCUT2D eigenvalue weighted by Gasteiger charge is 2.26. The second-order valence-corrected chi connectivity index (χ2v) is 11.9. The molecule has 0 bridgehead atoms. The molecule has 0 N–H and O–H groups in total. The predicted molar refractivity (Wildman–Crippen MR) is 63.3 cm³/mol. The van der Waals surface area contributed by atoms with E-state index < -0.39 is 9.16 Å². The summed E-state index contributed by atoms with van der Waals surface area (Å²) in [7, 11) is 0.0100.